The fourth-order valence-electron chi connectivity index (χ4n) is 1.59. The highest BCUT2D eigenvalue weighted by Crippen LogP contribution is 2.18. The van der Waals surface area contributed by atoms with Crippen molar-refractivity contribution in [1.29, 1.82) is 0 Å². The fraction of sp³-hybridized carbons (Fsp3) is 0.0833. The van der Waals surface area contributed by atoms with Gasteiger partial charge < -0.3 is 10.3 Å². The lowest BCUT2D eigenvalue weighted by molar-refractivity contribution is 0.795. The molecule has 4 heteroatoms. The highest BCUT2D eigenvalue weighted by molar-refractivity contribution is 9.10. The lowest BCUT2D eigenvalue weighted by atomic mass is 10.2. The van der Waals surface area contributed by atoms with Crippen LogP contribution in [0.15, 0.2) is 47.1 Å². The van der Waals surface area contributed by atoms with Gasteiger partial charge in [0.2, 0.25) is 0 Å². The van der Waals surface area contributed by atoms with Gasteiger partial charge in [-0.2, -0.15) is 0 Å². The summed E-state index contributed by atoms with van der Waals surface area (Å²) < 4.78 is 3.14. The molecule has 16 heavy (non-hydrogen) atoms. The maximum Gasteiger partial charge on any atom is 0.120 e. The normalized spacial score (nSPS) is 10.3. The summed E-state index contributed by atoms with van der Waals surface area (Å²) in [5.41, 5.74) is 7.75. The summed E-state index contributed by atoms with van der Waals surface area (Å²) in [5.74, 6) is 0. The van der Waals surface area contributed by atoms with Crippen LogP contribution in [0.4, 0.5) is 0 Å². The second kappa shape index (κ2) is 4.80. The Morgan fingerprint density at radius 3 is 2.69 bits per heavy atom. The quantitative estimate of drug-likeness (QED) is 0.883. The van der Waals surface area contributed by atoms with Crippen molar-refractivity contribution in [2.24, 2.45) is 5.73 Å². The average Bonchev–Trinajstić information content (AvgIpc) is 2.69. The number of nitrogens with zero attached hydrogens (tertiary/aromatic N) is 1. The molecule has 0 bridgehead atoms. The number of hydrogen-bond donors (Lipinski definition) is 1. The van der Waals surface area contributed by atoms with Crippen LogP contribution in [-0.2, 0) is 6.54 Å². The topological polar surface area (TPSA) is 30.9 Å². The molecule has 1 heterocycles. The summed E-state index contributed by atoms with van der Waals surface area (Å²) >= 11 is 8.52. The van der Waals surface area contributed by atoms with Crippen LogP contribution in [0.5, 0.6) is 0 Å². The van der Waals surface area contributed by atoms with E-state index >= 15 is 0 Å². The minimum atomic E-state index is 0.428. The zero-order chi connectivity index (χ0) is 11.5. The van der Waals surface area contributed by atoms with Crippen LogP contribution >= 0.6 is 28.1 Å². The van der Waals surface area contributed by atoms with Crippen LogP contribution in [0.2, 0.25) is 0 Å². The maximum atomic E-state index is 5.65. The second-order valence-corrected chi connectivity index (χ2v) is 4.77. The first kappa shape index (κ1) is 11.4. The minimum Gasteiger partial charge on any atom is -0.388 e. The number of hydrogen-bond acceptors (Lipinski definition) is 1. The fourth-order valence-corrected chi connectivity index (χ4v) is 2.18. The van der Waals surface area contributed by atoms with Gasteiger partial charge in [-0.3, -0.25) is 0 Å². The zero-order valence-electron chi connectivity index (χ0n) is 8.56. The Morgan fingerprint density at radius 1 is 1.25 bits per heavy atom. The van der Waals surface area contributed by atoms with E-state index in [0.29, 0.717) is 4.99 Å². The first-order valence-electron chi connectivity index (χ1n) is 4.87. The molecule has 0 saturated carbocycles. The van der Waals surface area contributed by atoms with Gasteiger partial charge in [-0.15, -0.1) is 0 Å². The molecule has 0 saturated heterocycles. The van der Waals surface area contributed by atoms with Gasteiger partial charge in [0.25, 0.3) is 0 Å². The highest BCUT2D eigenvalue weighted by Gasteiger charge is 2.05. The lowest BCUT2D eigenvalue weighted by Gasteiger charge is -2.09. The van der Waals surface area contributed by atoms with Gasteiger partial charge in [0.15, 0.2) is 0 Å². The van der Waals surface area contributed by atoms with E-state index in [4.69, 9.17) is 18.0 Å². The standard InChI is InChI=1S/C12H11BrN2S/c13-10-5-2-1-4-9(10)8-15-7-3-6-11(15)12(14)16/h1-7H,8H2,(H2,14,16). The molecule has 0 aliphatic heterocycles. The molecule has 0 radical (unpaired) electrons. The first-order chi connectivity index (χ1) is 7.68. The molecular formula is C12H11BrN2S. The molecule has 2 N–H and O–H groups in total. The van der Waals surface area contributed by atoms with Crippen LogP contribution in [0.3, 0.4) is 0 Å². The van der Waals surface area contributed by atoms with E-state index in [1.54, 1.807) is 0 Å². The first-order valence-corrected chi connectivity index (χ1v) is 6.07. The molecule has 1 aromatic carbocycles. The predicted octanol–water partition coefficient (Wildman–Crippen LogP) is 2.93. The number of rotatable bonds is 3. The molecule has 0 aliphatic rings. The van der Waals surface area contributed by atoms with Gasteiger partial charge in [-0.1, -0.05) is 46.3 Å². The van der Waals surface area contributed by atoms with Crippen molar-refractivity contribution in [3.63, 3.8) is 0 Å². The summed E-state index contributed by atoms with van der Waals surface area (Å²) in [6, 6.07) is 12.0. The lowest BCUT2D eigenvalue weighted by Crippen LogP contribution is -2.15. The molecule has 0 atom stereocenters. The minimum absolute atomic E-state index is 0.428. The smallest absolute Gasteiger partial charge is 0.120 e. The van der Waals surface area contributed by atoms with Crippen molar-refractivity contribution >= 4 is 33.1 Å². The van der Waals surface area contributed by atoms with Crippen molar-refractivity contribution in [3.05, 3.63) is 58.3 Å². The van der Waals surface area contributed by atoms with Crippen LogP contribution in [0.25, 0.3) is 0 Å². The Morgan fingerprint density at radius 2 is 2.00 bits per heavy atom. The SMILES string of the molecule is NC(=S)c1cccn1Cc1ccccc1Br. The van der Waals surface area contributed by atoms with Crippen molar-refractivity contribution in [2.45, 2.75) is 6.54 Å². The molecule has 0 spiro atoms. The van der Waals surface area contributed by atoms with E-state index in [1.807, 2.05) is 41.1 Å². The van der Waals surface area contributed by atoms with Gasteiger partial charge >= 0.3 is 0 Å². The van der Waals surface area contributed by atoms with Crippen LogP contribution in [0.1, 0.15) is 11.3 Å². The Bertz CT molecular complexity index is 519. The number of benzene rings is 1. The van der Waals surface area contributed by atoms with E-state index in [1.165, 1.54) is 5.56 Å². The number of nitrogens with two attached hydrogens (primary N) is 1. The third-order valence-corrected chi connectivity index (χ3v) is 3.36. The summed E-state index contributed by atoms with van der Waals surface area (Å²) in [6.45, 7) is 0.765. The Balaban J connectivity index is 2.31. The molecule has 0 amide bonds. The van der Waals surface area contributed by atoms with E-state index in [0.717, 1.165) is 16.7 Å². The number of aromatic nitrogens is 1. The molecular weight excluding hydrogens is 284 g/mol. The van der Waals surface area contributed by atoms with Gasteiger partial charge in [0.05, 0.1) is 5.69 Å². The predicted molar refractivity (Wildman–Crippen MR) is 73.6 cm³/mol. The summed E-state index contributed by atoms with van der Waals surface area (Å²) in [7, 11) is 0. The van der Waals surface area contributed by atoms with Gasteiger partial charge in [-0.05, 0) is 23.8 Å². The van der Waals surface area contributed by atoms with Gasteiger partial charge in [0, 0.05) is 17.2 Å². The van der Waals surface area contributed by atoms with Crippen molar-refractivity contribution in [1.82, 2.24) is 4.57 Å². The van der Waals surface area contributed by atoms with Crippen LogP contribution in [0, 0.1) is 0 Å². The molecule has 2 aromatic rings. The highest BCUT2D eigenvalue weighted by atomic mass is 79.9. The van der Waals surface area contributed by atoms with Crippen LogP contribution in [-0.4, -0.2) is 9.56 Å². The molecule has 0 unspecified atom stereocenters. The number of halogens is 1. The monoisotopic (exact) mass is 294 g/mol. The summed E-state index contributed by atoms with van der Waals surface area (Å²) in [6.07, 6.45) is 1.98. The van der Waals surface area contributed by atoms with Crippen molar-refractivity contribution < 1.29 is 0 Å². The van der Waals surface area contributed by atoms with E-state index in [2.05, 4.69) is 22.0 Å². The molecule has 2 nitrogen and oxygen atoms in total. The van der Waals surface area contributed by atoms with E-state index < -0.39 is 0 Å². The molecule has 1 aromatic heterocycles. The molecule has 0 fully saturated rings. The van der Waals surface area contributed by atoms with Gasteiger partial charge in [-0.25, -0.2) is 0 Å². The summed E-state index contributed by atoms with van der Waals surface area (Å²) in [5, 5.41) is 0. The molecule has 82 valence electrons. The zero-order valence-corrected chi connectivity index (χ0v) is 11.0. The molecule has 0 aliphatic carbocycles. The second-order valence-electron chi connectivity index (χ2n) is 3.48. The third-order valence-electron chi connectivity index (χ3n) is 2.38. The third kappa shape index (κ3) is 2.33. The van der Waals surface area contributed by atoms with E-state index in [9.17, 15) is 0 Å². The number of thiocarbonyl (C=S) groups is 1. The summed E-state index contributed by atoms with van der Waals surface area (Å²) in [4.78, 5) is 0.428. The van der Waals surface area contributed by atoms with E-state index in [-0.39, 0.29) is 0 Å². The van der Waals surface area contributed by atoms with Crippen molar-refractivity contribution in [2.75, 3.05) is 0 Å². The largest absolute Gasteiger partial charge is 0.388 e. The van der Waals surface area contributed by atoms with Crippen LogP contribution < -0.4 is 5.73 Å². The van der Waals surface area contributed by atoms with Crippen molar-refractivity contribution in [3.8, 4) is 0 Å². The van der Waals surface area contributed by atoms with Gasteiger partial charge in [0.1, 0.15) is 4.99 Å². The Hall–Kier alpha value is -1.13. The average molecular weight is 295 g/mol. The Labute approximate surface area is 108 Å². The maximum absolute atomic E-state index is 5.65. The Kier molecular flexibility index (Phi) is 3.41. The molecule has 2 rings (SSSR count).